The smallest absolute Gasteiger partial charge is 0.227 e. The molecule has 8 nitrogen and oxygen atoms in total. The molecule has 0 atom stereocenters. The van der Waals surface area contributed by atoms with E-state index < -0.39 is 5.82 Å². The number of nitrogens with zero attached hydrogens (tertiary/aromatic N) is 5. The first-order chi connectivity index (χ1) is 14.6. The van der Waals surface area contributed by atoms with Crippen molar-refractivity contribution >= 4 is 28.5 Å². The molecule has 0 radical (unpaired) electrons. The van der Waals surface area contributed by atoms with Gasteiger partial charge in [0, 0.05) is 36.2 Å². The summed E-state index contributed by atoms with van der Waals surface area (Å²) in [5, 5.41) is 17.7. The molecule has 0 unspecified atom stereocenters. The van der Waals surface area contributed by atoms with E-state index >= 15 is 0 Å². The molecule has 1 fully saturated rings. The summed E-state index contributed by atoms with van der Waals surface area (Å²) in [5.74, 6) is 0.466. The van der Waals surface area contributed by atoms with Gasteiger partial charge in [0.05, 0.1) is 17.9 Å². The van der Waals surface area contributed by atoms with Crippen LogP contribution in [0.25, 0.3) is 10.9 Å². The highest BCUT2D eigenvalue weighted by molar-refractivity contribution is 5.82. The maximum absolute atomic E-state index is 14.3. The summed E-state index contributed by atoms with van der Waals surface area (Å²) < 4.78 is 28.3. The molecule has 1 aliphatic rings. The molecule has 3 heterocycles. The number of halogens is 2. The van der Waals surface area contributed by atoms with E-state index in [1.807, 2.05) is 17.9 Å². The van der Waals surface area contributed by atoms with E-state index in [1.165, 1.54) is 12.1 Å². The quantitative estimate of drug-likeness (QED) is 0.426. The Bertz CT molecular complexity index is 1200. The lowest BCUT2D eigenvalue weighted by Crippen LogP contribution is -2.25. The minimum Gasteiger partial charge on any atom is -0.337 e. The lowest BCUT2D eigenvalue weighted by atomic mass is 10.1. The molecule has 30 heavy (non-hydrogen) atoms. The van der Waals surface area contributed by atoms with E-state index in [-0.39, 0.29) is 11.6 Å². The number of benzene rings is 1. The van der Waals surface area contributed by atoms with Gasteiger partial charge in [0.25, 0.3) is 0 Å². The molecular formula is C20H20F2N8. The minimum absolute atomic E-state index is 0.0417. The fourth-order valence-corrected chi connectivity index (χ4v) is 3.47. The molecule has 5 rings (SSSR count). The molecule has 0 amide bonds. The number of anilines is 3. The van der Waals surface area contributed by atoms with Gasteiger partial charge in [0.2, 0.25) is 5.95 Å². The Balaban J connectivity index is 1.41. The van der Waals surface area contributed by atoms with E-state index in [4.69, 9.17) is 0 Å². The van der Waals surface area contributed by atoms with Crippen LogP contribution in [-0.2, 0) is 6.54 Å². The Morgan fingerprint density at radius 2 is 2.03 bits per heavy atom. The third-order valence-electron chi connectivity index (χ3n) is 5.23. The van der Waals surface area contributed by atoms with Crippen molar-refractivity contribution in [3.63, 3.8) is 0 Å². The van der Waals surface area contributed by atoms with Crippen LogP contribution in [0.1, 0.15) is 36.9 Å². The molecule has 0 aliphatic heterocycles. The minimum atomic E-state index is -0.575. The first-order valence-corrected chi connectivity index (χ1v) is 9.82. The van der Waals surface area contributed by atoms with E-state index in [2.05, 4.69) is 35.7 Å². The zero-order valence-corrected chi connectivity index (χ0v) is 16.3. The largest absolute Gasteiger partial charge is 0.337 e. The molecule has 0 bridgehead atoms. The molecule has 10 heteroatoms. The fourth-order valence-electron chi connectivity index (χ4n) is 3.47. The van der Waals surface area contributed by atoms with Gasteiger partial charge in [0.1, 0.15) is 5.82 Å². The highest BCUT2D eigenvalue weighted by Gasteiger charge is 2.25. The standard InChI is InChI=1S/C20H20F2N8/c1-2-30(10-12-5-13(21)6-17-14(12)8-24-27-17)20-23-9-15(22)19(26-20)25-18-7-16(28-29-18)11-3-4-11/h5-9,11H,2-4,10H2,1H3,(H,24,27)(H2,23,25,26,28,29). The van der Waals surface area contributed by atoms with Crippen molar-refractivity contribution in [1.29, 1.82) is 0 Å². The normalized spacial score (nSPS) is 13.7. The zero-order chi connectivity index (χ0) is 20.7. The maximum atomic E-state index is 14.3. The number of hydrogen-bond acceptors (Lipinski definition) is 6. The average Bonchev–Trinajstić information content (AvgIpc) is 3.29. The maximum Gasteiger partial charge on any atom is 0.227 e. The lowest BCUT2D eigenvalue weighted by molar-refractivity contribution is 0.615. The number of rotatable bonds is 7. The van der Waals surface area contributed by atoms with Crippen LogP contribution in [0, 0.1) is 11.6 Å². The van der Waals surface area contributed by atoms with Gasteiger partial charge in [-0.05, 0) is 37.5 Å². The van der Waals surface area contributed by atoms with Crippen molar-refractivity contribution < 1.29 is 8.78 Å². The van der Waals surface area contributed by atoms with Crippen LogP contribution in [0.4, 0.5) is 26.4 Å². The summed E-state index contributed by atoms with van der Waals surface area (Å²) in [5.41, 5.74) is 2.40. The molecule has 154 valence electrons. The van der Waals surface area contributed by atoms with Crippen LogP contribution >= 0.6 is 0 Å². The third kappa shape index (κ3) is 3.56. The third-order valence-corrected chi connectivity index (χ3v) is 5.23. The highest BCUT2D eigenvalue weighted by atomic mass is 19.1. The first kappa shape index (κ1) is 18.5. The Hall–Kier alpha value is -3.56. The fraction of sp³-hybridized carbons (Fsp3) is 0.300. The number of nitrogens with one attached hydrogen (secondary N) is 3. The number of fused-ring (bicyclic) bond motifs is 1. The second-order valence-electron chi connectivity index (χ2n) is 7.38. The van der Waals surface area contributed by atoms with Gasteiger partial charge in [-0.3, -0.25) is 10.2 Å². The summed E-state index contributed by atoms with van der Waals surface area (Å²) in [6.07, 6.45) is 5.07. The number of H-pyrrole nitrogens is 2. The Labute approximate surface area is 170 Å². The van der Waals surface area contributed by atoms with Gasteiger partial charge in [-0.15, -0.1) is 0 Å². The molecule has 3 aromatic heterocycles. The summed E-state index contributed by atoms with van der Waals surface area (Å²) in [4.78, 5) is 10.3. The van der Waals surface area contributed by atoms with Crippen molar-refractivity contribution in [1.82, 2.24) is 30.4 Å². The summed E-state index contributed by atoms with van der Waals surface area (Å²) in [6, 6.07) is 4.74. The van der Waals surface area contributed by atoms with Crippen LogP contribution < -0.4 is 10.2 Å². The Morgan fingerprint density at radius 3 is 2.83 bits per heavy atom. The molecule has 0 saturated heterocycles. The van der Waals surface area contributed by atoms with Crippen molar-refractivity contribution in [3.8, 4) is 0 Å². The van der Waals surface area contributed by atoms with Crippen molar-refractivity contribution in [2.45, 2.75) is 32.2 Å². The molecule has 1 aliphatic carbocycles. The molecule has 3 N–H and O–H groups in total. The summed E-state index contributed by atoms with van der Waals surface area (Å²) in [7, 11) is 0. The van der Waals surface area contributed by atoms with Gasteiger partial charge in [-0.2, -0.15) is 15.2 Å². The van der Waals surface area contributed by atoms with Crippen LogP contribution in [0.5, 0.6) is 0 Å². The summed E-state index contributed by atoms with van der Waals surface area (Å²) >= 11 is 0. The second-order valence-corrected chi connectivity index (χ2v) is 7.38. The molecule has 1 aromatic carbocycles. The monoisotopic (exact) mass is 410 g/mol. The van der Waals surface area contributed by atoms with Crippen LogP contribution in [0.2, 0.25) is 0 Å². The Kier molecular flexibility index (Phi) is 4.53. The predicted molar refractivity (Wildman–Crippen MR) is 109 cm³/mol. The lowest BCUT2D eigenvalue weighted by Gasteiger charge is -2.22. The van der Waals surface area contributed by atoms with E-state index in [1.54, 1.807) is 6.20 Å². The topological polar surface area (TPSA) is 98.4 Å². The zero-order valence-electron chi connectivity index (χ0n) is 16.3. The van der Waals surface area contributed by atoms with Crippen molar-refractivity contribution in [2.24, 2.45) is 0 Å². The van der Waals surface area contributed by atoms with E-state index in [0.717, 1.165) is 35.7 Å². The number of aromatic amines is 2. The predicted octanol–water partition coefficient (Wildman–Crippen LogP) is 4.00. The highest BCUT2D eigenvalue weighted by Crippen LogP contribution is 2.39. The molecule has 0 spiro atoms. The molecular weight excluding hydrogens is 390 g/mol. The average molecular weight is 410 g/mol. The van der Waals surface area contributed by atoms with Crippen molar-refractivity contribution in [3.05, 3.63) is 53.5 Å². The summed E-state index contributed by atoms with van der Waals surface area (Å²) in [6.45, 7) is 2.83. The van der Waals surface area contributed by atoms with Crippen LogP contribution in [0.3, 0.4) is 0 Å². The molecule has 4 aromatic rings. The number of hydrogen-bond donors (Lipinski definition) is 3. The van der Waals surface area contributed by atoms with Gasteiger partial charge in [-0.25, -0.2) is 13.8 Å². The van der Waals surface area contributed by atoms with E-state index in [0.29, 0.717) is 36.3 Å². The van der Waals surface area contributed by atoms with Crippen LogP contribution in [-0.4, -0.2) is 36.9 Å². The second kappa shape index (κ2) is 7.36. The van der Waals surface area contributed by atoms with Crippen molar-refractivity contribution in [2.75, 3.05) is 16.8 Å². The van der Waals surface area contributed by atoms with Gasteiger partial charge >= 0.3 is 0 Å². The SMILES string of the molecule is CCN(Cc1cc(F)cc2[nH]ncc12)c1ncc(F)c(Nc2cc(C3CC3)[nH]n2)n1. The molecule has 1 saturated carbocycles. The van der Waals surface area contributed by atoms with E-state index in [9.17, 15) is 8.78 Å². The first-order valence-electron chi connectivity index (χ1n) is 9.82. The van der Waals surface area contributed by atoms with Crippen LogP contribution in [0.15, 0.2) is 30.6 Å². The Morgan fingerprint density at radius 1 is 1.17 bits per heavy atom. The number of aromatic nitrogens is 6. The van der Waals surface area contributed by atoms with Gasteiger partial charge < -0.3 is 10.2 Å². The van der Waals surface area contributed by atoms with Gasteiger partial charge in [-0.1, -0.05) is 0 Å². The van der Waals surface area contributed by atoms with Gasteiger partial charge in [0.15, 0.2) is 17.5 Å².